The Bertz CT molecular complexity index is 1410. The molecule has 0 saturated carbocycles. The zero-order valence-corrected chi connectivity index (χ0v) is 25.9. The van der Waals surface area contributed by atoms with Crippen LogP contribution in [0.1, 0.15) is 37.2 Å². The highest BCUT2D eigenvalue weighted by Gasteiger charge is 2.32. The summed E-state index contributed by atoms with van der Waals surface area (Å²) in [5.74, 6) is -2.58. The Labute approximate surface area is 265 Å². The summed E-state index contributed by atoms with van der Waals surface area (Å²) in [4.78, 5) is 81.0. The van der Waals surface area contributed by atoms with Crippen LogP contribution in [0.5, 0.6) is 5.88 Å². The summed E-state index contributed by atoms with van der Waals surface area (Å²) < 4.78 is 12.2. The molecule has 3 heterocycles. The van der Waals surface area contributed by atoms with Crippen LogP contribution in [-0.4, -0.2) is 142 Å². The Morgan fingerprint density at radius 2 is 1.50 bits per heavy atom. The van der Waals surface area contributed by atoms with Gasteiger partial charge in [0.2, 0.25) is 17.7 Å². The number of benzene rings is 1. The van der Waals surface area contributed by atoms with E-state index in [1.54, 1.807) is 47.1 Å². The van der Waals surface area contributed by atoms with E-state index in [1.807, 2.05) is 0 Å². The van der Waals surface area contributed by atoms with Gasteiger partial charge < -0.3 is 39.5 Å². The number of carbonyl (C=O) groups is 6. The van der Waals surface area contributed by atoms with E-state index in [-0.39, 0.29) is 75.6 Å². The molecule has 248 valence electrons. The second kappa shape index (κ2) is 15.7. The number of hydrogen-bond acceptors (Lipinski definition) is 9. The highest BCUT2D eigenvalue weighted by atomic mass is 16.6. The van der Waals surface area contributed by atoms with Gasteiger partial charge in [0, 0.05) is 71.8 Å². The molecule has 2 aliphatic heterocycles. The summed E-state index contributed by atoms with van der Waals surface area (Å²) in [5.41, 5.74) is 0.443. The number of carboxylic acid groups (broad SMARTS) is 1. The maximum absolute atomic E-state index is 13.4. The highest BCUT2D eigenvalue weighted by Crippen LogP contribution is 2.20. The summed E-state index contributed by atoms with van der Waals surface area (Å²) >= 11 is 0. The lowest BCUT2D eigenvalue weighted by atomic mass is 10.1. The molecule has 2 fully saturated rings. The molecule has 5 amide bonds. The Hall–Kier alpha value is -5.15. The predicted molar refractivity (Wildman–Crippen MR) is 161 cm³/mol. The van der Waals surface area contributed by atoms with E-state index in [2.05, 4.69) is 10.4 Å². The lowest BCUT2D eigenvalue weighted by Gasteiger charge is -2.35. The van der Waals surface area contributed by atoms with Crippen molar-refractivity contribution in [3.63, 3.8) is 0 Å². The Balaban J connectivity index is 1.46. The lowest BCUT2D eigenvalue weighted by molar-refractivity contribution is -0.139. The Morgan fingerprint density at radius 3 is 2.11 bits per heavy atom. The van der Waals surface area contributed by atoms with Crippen LogP contribution in [0.15, 0.2) is 36.4 Å². The van der Waals surface area contributed by atoms with Crippen molar-refractivity contribution in [1.82, 2.24) is 34.7 Å². The number of piperazine rings is 2. The number of carboxylic acids is 1. The SMILES string of the molecule is CCOC(=O)N1CCN(C(=O)C(CCC(=O)O)NC(=O)c2cc(OCC(=O)N3CCN(C(C)=O)CC3)n(-c3ccccc3)n2)CC1. The van der Waals surface area contributed by atoms with Crippen LogP contribution in [0.25, 0.3) is 5.69 Å². The maximum atomic E-state index is 13.4. The first-order valence-electron chi connectivity index (χ1n) is 15.1. The van der Waals surface area contributed by atoms with Gasteiger partial charge >= 0.3 is 12.1 Å². The number of amides is 5. The molecule has 1 aromatic carbocycles. The van der Waals surface area contributed by atoms with Crippen LogP contribution in [0.3, 0.4) is 0 Å². The lowest BCUT2D eigenvalue weighted by Crippen LogP contribution is -2.56. The Kier molecular flexibility index (Phi) is 11.5. The van der Waals surface area contributed by atoms with Crippen LogP contribution in [0.4, 0.5) is 4.79 Å². The topological polar surface area (TPSA) is 184 Å². The van der Waals surface area contributed by atoms with Gasteiger partial charge in [-0.2, -0.15) is 5.10 Å². The van der Waals surface area contributed by atoms with Gasteiger partial charge in [-0.15, -0.1) is 0 Å². The molecule has 2 saturated heterocycles. The molecule has 0 bridgehead atoms. The van der Waals surface area contributed by atoms with Gasteiger partial charge in [-0.3, -0.25) is 24.0 Å². The molecule has 46 heavy (non-hydrogen) atoms. The van der Waals surface area contributed by atoms with Gasteiger partial charge in [-0.25, -0.2) is 9.48 Å². The number of rotatable bonds is 11. The van der Waals surface area contributed by atoms with E-state index >= 15 is 0 Å². The van der Waals surface area contributed by atoms with E-state index in [0.29, 0.717) is 31.9 Å². The second-order valence-electron chi connectivity index (χ2n) is 10.8. The minimum Gasteiger partial charge on any atom is -0.481 e. The van der Waals surface area contributed by atoms with Crippen molar-refractivity contribution in [3.05, 3.63) is 42.1 Å². The molecule has 1 unspecified atom stereocenters. The van der Waals surface area contributed by atoms with Crippen LogP contribution < -0.4 is 10.1 Å². The number of aliphatic carboxylic acids is 1. The smallest absolute Gasteiger partial charge is 0.409 e. The third kappa shape index (κ3) is 8.73. The van der Waals surface area contributed by atoms with E-state index in [1.165, 1.54) is 27.5 Å². The van der Waals surface area contributed by atoms with Gasteiger partial charge in [0.05, 0.1) is 12.3 Å². The molecule has 16 nitrogen and oxygen atoms in total. The van der Waals surface area contributed by atoms with Crippen LogP contribution in [0, 0.1) is 0 Å². The average Bonchev–Trinajstić information content (AvgIpc) is 3.50. The fourth-order valence-corrected chi connectivity index (χ4v) is 5.13. The van der Waals surface area contributed by atoms with Gasteiger partial charge in [0.25, 0.3) is 11.8 Å². The predicted octanol–water partition coefficient (Wildman–Crippen LogP) is 0.206. The number of para-hydroxylation sites is 1. The molecule has 4 rings (SSSR count). The number of nitrogens with zero attached hydrogens (tertiary/aromatic N) is 6. The van der Waals surface area contributed by atoms with Gasteiger partial charge in [-0.1, -0.05) is 18.2 Å². The zero-order chi connectivity index (χ0) is 33.2. The monoisotopic (exact) mass is 641 g/mol. The molecule has 0 spiro atoms. The molecule has 1 atom stereocenters. The number of nitrogens with one attached hydrogen (secondary N) is 1. The average molecular weight is 642 g/mol. The quantitative estimate of drug-likeness (QED) is 0.344. The molecule has 2 aliphatic rings. The minimum atomic E-state index is -1.17. The summed E-state index contributed by atoms with van der Waals surface area (Å²) in [6, 6.07) is 8.99. The molecular weight excluding hydrogens is 602 g/mol. The first-order chi connectivity index (χ1) is 22.1. The summed E-state index contributed by atoms with van der Waals surface area (Å²) in [6.45, 7) is 5.52. The van der Waals surface area contributed by atoms with Crippen molar-refractivity contribution in [3.8, 4) is 11.6 Å². The summed E-state index contributed by atoms with van der Waals surface area (Å²) in [5, 5.41) is 16.3. The molecule has 2 aromatic rings. The second-order valence-corrected chi connectivity index (χ2v) is 10.8. The fraction of sp³-hybridized carbons (Fsp3) is 0.500. The molecule has 0 aliphatic carbocycles. The number of hydrogen-bond donors (Lipinski definition) is 2. The number of aromatic nitrogens is 2. The summed E-state index contributed by atoms with van der Waals surface area (Å²) in [7, 11) is 0. The molecular formula is C30H39N7O9. The van der Waals surface area contributed by atoms with Crippen molar-refractivity contribution >= 4 is 35.7 Å². The highest BCUT2D eigenvalue weighted by molar-refractivity contribution is 5.96. The molecule has 1 aromatic heterocycles. The summed E-state index contributed by atoms with van der Waals surface area (Å²) in [6.07, 6.45) is -1.00. The van der Waals surface area contributed by atoms with E-state index in [0.717, 1.165) is 0 Å². The zero-order valence-electron chi connectivity index (χ0n) is 25.9. The first-order valence-corrected chi connectivity index (χ1v) is 15.1. The van der Waals surface area contributed by atoms with Gasteiger partial charge in [0.1, 0.15) is 6.04 Å². The van der Waals surface area contributed by atoms with Crippen LogP contribution in [0.2, 0.25) is 0 Å². The standard InChI is InChI=1S/C30H39N7O9/c1-3-45-30(44)36-17-15-35(16-18-36)29(43)23(9-10-27(40)41)31-28(42)24-19-26(37(32-24)22-7-5-4-6-8-22)46-20-25(39)34-13-11-33(12-14-34)21(2)38/h4-8,19,23H,3,9-18,20H2,1-2H3,(H,31,42)(H,40,41). The van der Waals surface area contributed by atoms with Crippen molar-refractivity contribution in [2.45, 2.75) is 32.7 Å². The third-order valence-electron chi connectivity index (χ3n) is 7.70. The molecule has 0 radical (unpaired) electrons. The van der Waals surface area contributed by atoms with Crippen molar-refractivity contribution in [2.75, 3.05) is 65.6 Å². The van der Waals surface area contributed by atoms with Gasteiger partial charge in [-0.05, 0) is 25.5 Å². The van der Waals surface area contributed by atoms with E-state index < -0.39 is 29.9 Å². The van der Waals surface area contributed by atoms with Crippen molar-refractivity contribution in [2.24, 2.45) is 0 Å². The Morgan fingerprint density at radius 1 is 0.891 bits per heavy atom. The fourth-order valence-electron chi connectivity index (χ4n) is 5.13. The van der Waals surface area contributed by atoms with Crippen LogP contribution >= 0.6 is 0 Å². The molecule has 2 N–H and O–H groups in total. The van der Waals surface area contributed by atoms with Crippen LogP contribution in [-0.2, 0) is 23.9 Å². The minimum absolute atomic E-state index is 0.0515. The van der Waals surface area contributed by atoms with Crippen molar-refractivity contribution in [1.29, 1.82) is 0 Å². The van der Waals surface area contributed by atoms with Gasteiger partial charge in [0.15, 0.2) is 12.3 Å². The number of carbonyl (C=O) groups excluding carboxylic acids is 5. The van der Waals surface area contributed by atoms with E-state index in [9.17, 15) is 33.9 Å². The molecule has 16 heteroatoms. The third-order valence-corrected chi connectivity index (χ3v) is 7.70. The van der Waals surface area contributed by atoms with Crippen molar-refractivity contribution < 1.29 is 43.3 Å². The maximum Gasteiger partial charge on any atom is 0.409 e. The van der Waals surface area contributed by atoms with E-state index in [4.69, 9.17) is 9.47 Å². The normalized spacial score (nSPS) is 15.6. The first kappa shape index (κ1) is 33.7. The largest absolute Gasteiger partial charge is 0.481 e. The number of ether oxygens (including phenoxy) is 2.